The molecule has 0 saturated carbocycles. The van der Waals surface area contributed by atoms with Gasteiger partial charge in [0.1, 0.15) is 0 Å². The lowest BCUT2D eigenvalue weighted by Crippen LogP contribution is -2.32. The van der Waals surface area contributed by atoms with Gasteiger partial charge < -0.3 is 15.1 Å². The quantitative estimate of drug-likeness (QED) is 0.880. The average Bonchev–Trinajstić information content (AvgIpc) is 2.29. The SMILES string of the molecule is CN(C(=O)O)C(CO)c1cccc(C(F)(F)F)c1. The molecule has 1 rings (SSSR count). The van der Waals surface area contributed by atoms with Crippen LogP contribution in [0.5, 0.6) is 0 Å². The van der Waals surface area contributed by atoms with Gasteiger partial charge in [-0.15, -0.1) is 0 Å². The number of rotatable bonds is 3. The number of hydrogen-bond acceptors (Lipinski definition) is 2. The summed E-state index contributed by atoms with van der Waals surface area (Å²) in [5.41, 5.74) is -0.783. The van der Waals surface area contributed by atoms with Crippen LogP contribution in [0.4, 0.5) is 18.0 Å². The summed E-state index contributed by atoms with van der Waals surface area (Å²) < 4.78 is 37.5. The minimum absolute atomic E-state index is 0.0947. The first-order valence-electron chi connectivity index (χ1n) is 5.01. The second kappa shape index (κ2) is 5.26. The van der Waals surface area contributed by atoms with E-state index >= 15 is 0 Å². The highest BCUT2D eigenvalue weighted by atomic mass is 19.4. The third-order valence-corrected chi connectivity index (χ3v) is 2.54. The van der Waals surface area contributed by atoms with Crippen LogP contribution in [0.2, 0.25) is 0 Å². The molecule has 0 aromatic heterocycles. The highest BCUT2D eigenvalue weighted by molar-refractivity contribution is 5.65. The van der Waals surface area contributed by atoms with Crippen LogP contribution in [0.15, 0.2) is 24.3 Å². The Balaban J connectivity index is 3.11. The average molecular weight is 263 g/mol. The zero-order chi connectivity index (χ0) is 13.9. The van der Waals surface area contributed by atoms with Crippen molar-refractivity contribution in [1.82, 2.24) is 4.90 Å². The minimum Gasteiger partial charge on any atom is -0.465 e. The van der Waals surface area contributed by atoms with E-state index in [1.165, 1.54) is 19.2 Å². The highest BCUT2D eigenvalue weighted by Crippen LogP contribution is 2.31. The topological polar surface area (TPSA) is 60.8 Å². The maximum absolute atomic E-state index is 12.5. The van der Waals surface area contributed by atoms with Crippen molar-refractivity contribution in [2.24, 2.45) is 0 Å². The molecule has 0 aliphatic heterocycles. The van der Waals surface area contributed by atoms with Crippen LogP contribution in [0, 0.1) is 0 Å². The van der Waals surface area contributed by atoms with Crippen molar-refractivity contribution >= 4 is 6.09 Å². The number of alkyl halides is 3. The number of amides is 1. The van der Waals surface area contributed by atoms with Crippen molar-refractivity contribution in [3.05, 3.63) is 35.4 Å². The van der Waals surface area contributed by atoms with Crippen LogP contribution in [-0.2, 0) is 6.18 Å². The first-order chi connectivity index (χ1) is 8.27. The summed E-state index contributed by atoms with van der Waals surface area (Å²) in [5.74, 6) is 0. The molecule has 1 amide bonds. The predicted octanol–water partition coefficient (Wildman–Crippen LogP) is 2.35. The number of likely N-dealkylation sites (N-methyl/N-ethyl adjacent to an activating group) is 1. The third-order valence-electron chi connectivity index (χ3n) is 2.54. The molecular weight excluding hydrogens is 251 g/mol. The Morgan fingerprint density at radius 1 is 1.44 bits per heavy atom. The van der Waals surface area contributed by atoms with Crippen molar-refractivity contribution in [2.75, 3.05) is 13.7 Å². The van der Waals surface area contributed by atoms with Gasteiger partial charge in [0, 0.05) is 7.05 Å². The molecule has 2 N–H and O–H groups in total. The number of carboxylic acid groups (broad SMARTS) is 1. The number of aliphatic hydroxyl groups excluding tert-OH is 1. The van der Waals surface area contributed by atoms with E-state index in [0.29, 0.717) is 0 Å². The third kappa shape index (κ3) is 3.13. The molecule has 0 radical (unpaired) electrons. The first-order valence-corrected chi connectivity index (χ1v) is 5.01. The van der Waals surface area contributed by atoms with Crippen molar-refractivity contribution < 1.29 is 28.2 Å². The molecule has 1 atom stereocenters. The summed E-state index contributed by atoms with van der Waals surface area (Å²) in [5, 5.41) is 17.9. The molecule has 1 aromatic carbocycles. The van der Waals surface area contributed by atoms with Crippen molar-refractivity contribution in [1.29, 1.82) is 0 Å². The van der Waals surface area contributed by atoms with Crippen LogP contribution in [-0.4, -0.2) is 34.9 Å². The molecule has 0 saturated heterocycles. The smallest absolute Gasteiger partial charge is 0.416 e. The van der Waals surface area contributed by atoms with E-state index in [0.717, 1.165) is 17.0 Å². The van der Waals surface area contributed by atoms with E-state index in [2.05, 4.69) is 0 Å². The molecule has 7 heteroatoms. The van der Waals surface area contributed by atoms with Gasteiger partial charge in [0.25, 0.3) is 0 Å². The minimum atomic E-state index is -4.50. The predicted molar refractivity (Wildman–Crippen MR) is 57.1 cm³/mol. The molecule has 0 bridgehead atoms. The summed E-state index contributed by atoms with van der Waals surface area (Å²) in [7, 11) is 1.18. The zero-order valence-electron chi connectivity index (χ0n) is 9.48. The van der Waals surface area contributed by atoms with Crippen molar-refractivity contribution in [3.8, 4) is 0 Å². The van der Waals surface area contributed by atoms with Crippen LogP contribution in [0.3, 0.4) is 0 Å². The summed E-state index contributed by atoms with van der Waals surface area (Å²) in [6, 6.07) is 3.22. The van der Waals surface area contributed by atoms with Gasteiger partial charge >= 0.3 is 12.3 Å². The second-order valence-corrected chi connectivity index (χ2v) is 3.72. The fraction of sp³-hybridized carbons (Fsp3) is 0.364. The molecule has 4 nitrogen and oxygen atoms in total. The normalized spacial score (nSPS) is 13.2. The standard InChI is InChI=1S/C11H12F3NO3/c1-15(10(17)18)9(6-16)7-3-2-4-8(5-7)11(12,13)14/h2-5,9,16H,6H2,1H3,(H,17,18). The molecule has 0 aliphatic rings. The summed E-state index contributed by atoms with van der Waals surface area (Å²) in [4.78, 5) is 11.5. The number of aliphatic hydroxyl groups is 1. The Labute approximate surface area is 101 Å². The lowest BCUT2D eigenvalue weighted by molar-refractivity contribution is -0.137. The first kappa shape index (κ1) is 14.3. The van der Waals surface area contributed by atoms with Crippen LogP contribution < -0.4 is 0 Å². The number of carbonyl (C=O) groups is 1. The van der Waals surface area contributed by atoms with Crippen molar-refractivity contribution in [2.45, 2.75) is 12.2 Å². The Kier molecular flexibility index (Phi) is 4.18. The van der Waals surface area contributed by atoms with Gasteiger partial charge in [-0.1, -0.05) is 12.1 Å². The monoisotopic (exact) mass is 263 g/mol. The van der Waals surface area contributed by atoms with E-state index in [9.17, 15) is 18.0 Å². The highest BCUT2D eigenvalue weighted by Gasteiger charge is 2.31. The molecule has 100 valence electrons. The molecule has 1 unspecified atom stereocenters. The van der Waals surface area contributed by atoms with E-state index in [-0.39, 0.29) is 5.56 Å². The molecule has 1 aromatic rings. The van der Waals surface area contributed by atoms with E-state index in [4.69, 9.17) is 10.2 Å². The lowest BCUT2D eigenvalue weighted by atomic mass is 10.0. The van der Waals surface area contributed by atoms with Gasteiger partial charge in [-0.2, -0.15) is 13.2 Å². The van der Waals surface area contributed by atoms with Gasteiger partial charge in [0.15, 0.2) is 0 Å². The summed E-state index contributed by atoms with van der Waals surface area (Å²) in [6.45, 7) is -0.593. The maximum atomic E-state index is 12.5. The summed E-state index contributed by atoms with van der Waals surface area (Å²) in [6.07, 6.45) is -5.83. The van der Waals surface area contributed by atoms with Gasteiger partial charge in [-0.3, -0.25) is 0 Å². The lowest BCUT2D eigenvalue weighted by Gasteiger charge is -2.24. The summed E-state index contributed by atoms with van der Waals surface area (Å²) >= 11 is 0. The van der Waals surface area contributed by atoms with Gasteiger partial charge in [-0.25, -0.2) is 4.79 Å². The Bertz CT molecular complexity index is 434. The molecule has 0 aliphatic carbocycles. The largest absolute Gasteiger partial charge is 0.465 e. The Hall–Kier alpha value is -1.76. The Morgan fingerprint density at radius 2 is 2.06 bits per heavy atom. The Morgan fingerprint density at radius 3 is 2.50 bits per heavy atom. The number of benzene rings is 1. The van der Waals surface area contributed by atoms with E-state index < -0.39 is 30.5 Å². The second-order valence-electron chi connectivity index (χ2n) is 3.72. The molecule has 0 heterocycles. The fourth-order valence-corrected chi connectivity index (χ4v) is 1.51. The van der Waals surface area contributed by atoms with E-state index in [1.54, 1.807) is 0 Å². The maximum Gasteiger partial charge on any atom is 0.416 e. The number of nitrogens with zero attached hydrogens (tertiary/aromatic N) is 1. The van der Waals surface area contributed by atoms with Gasteiger partial charge in [-0.05, 0) is 17.7 Å². The van der Waals surface area contributed by atoms with Gasteiger partial charge in [0.2, 0.25) is 0 Å². The van der Waals surface area contributed by atoms with Crippen molar-refractivity contribution in [3.63, 3.8) is 0 Å². The van der Waals surface area contributed by atoms with Crippen LogP contribution in [0.1, 0.15) is 17.2 Å². The molecule has 0 fully saturated rings. The van der Waals surface area contributed by atoms with Gasteiger partial charge in [0.05, 0.1) is 18.2 Å². The number of halogens is 3. The van der Waals surface area contributed by atoms with E-state index in [1.807, 2.05) is 0 Å². The fourth-order valence-electron chi connectivity index (χ4n) is 1.51. The van der Waals surface area contributed by atoms with Crippen LogP contribution >= 0.6 is 0 Å². The molecule has 0 spiro atoms. The zero-order valence-corrected chi connectivity index (χ0v) is 9.48. The number of hydrogen-bond donors (Lipinski definition) is 2. The molecular formula is C11H12F3NO3. The van der Waals surface area contributed by atoms with Crippen LogP contribution in [0.25, 0.3) is 0 Å². The molecule has 18 heavy (non-hydrogen) atoms.